The molecule has 0 aromatic carbocycles. The molecule has 0 aliphatic carbocycles. The lowest BCUT2D eigenvalue weighted by Crippen LogP contribution is -2.30. The van der Waals surface area contributed by atoms with Crippen molar-refractivity contribution in [3.05, 3.63) is 42.1 Å². The summed E-state index contributed by atoms with van der Waals surface area (Å²) in [5, 5.41) is 16.4. The van der Waals surface area contributed by atoms with Crippen LogP contribution in [0, 0.1) is 0 Å². The van der Waals surface area contributed by atoms with Crippen molar-refractivity contribution in [1.82, 2.24) is 20.0 Å². The SMILES string of the molecule is CN(C)C(CNCc1cnn(CCO)c1)c1ccco1. The highest BCUT2D eigenvalue weighted by molar-refractivity contribution is 5.06. The van der Waals surface area contributed by atoms with Crippen molar-refractivity contribution in [1.29, 1.82) is 0 Å². The van der Waals surface area contributed by atoms with Crippen molar-refractivity contribution in [2.45, 2.75) is 19.1 Å². The highest BCUT2D eigenvalue weighted by atomic mass is 16.3. The first-order chi connectivity index (χ1) is 9.70. The molecule has 0 aliphatic heterocycles. The minimum absolute atomic E-state index is 0.107. The Labute approximate surface area is 119 Å². The van der Waals surface area contributed by atoms with Gasteiger partial charge in [0, 0.05) is 24.8 Å². The van der Waals surface area contributed by atoms with Crippen LogP contribution < -0.4 is 5.32 Å². The minimum Gasteiger partial charge on any atom is -0.468 e. The molecule has 0 amide bonds. The summed E-state index contributed by atoms with van der Waals surface area (Å²) >= 11 is 0. The molecule has 0 spiro atoms. The molecule has 2 N–H and O–H groups in total. The fourth-order valence-electron chi connectivity index (χ4n) is 2.09. The average molecular weight is 278 g/mol. The summed E-state index contributed by atoms with van der Waals surface area (Å²) < 4.78 is 7.21. The van der Waals surface area contributed by atoms with Crippen molar-refractivity contribution < 1.29 is 9.52 Å². The third kappa shape index (κ3) is 3.93. The number of aliphatic hydroxyl groups is 1. The molecule has 6 heteroatoms. The van der Waals surface area contributed by atoms with Crippen LogP contribution in [0.15, 0.2) is 35.2 Å². The number of hydrogen-bond donors (Lipinski definition) is 2. The van der Waals surface area contributed by atoms with Gasteiger partial charge in [0.25, 0.3) is 0 Å². The van der Waals surface area contributed by atoms with E-state index in [1.54, 1.807) is 10.9 Å². The van der Waals surface area contributed by atoms with E-state index in [0.717, 1.165) is 24.4 Å². The predicted octanol–water partition coefficient (Wildman–Crippen LogP) is 0.861. The Morgan fingerprint density at radius 2 is 2.35 bits per heavy atom. The van der Waals surface area contributed by atoms with Gasteiger partial charge in [-0.3, -0.25) is 9.58 Å². The highest BCUT2D eigenvalue weighted by Crippen LogP contribution is 2.17. The van der Waals surface area contributed by atoms with E-state index in [0.29, 0.717) is 6.54 Å². The normalized spacial score (nSPS) is 13.0. The van der Waals surface area contributed by atoms with Crippen LogP contribution in [-0.2, 0) is 13.1 Å². The van der Waals surface area contributed by atoms with Crippen molar-refractivity contribution in [3.8, 4) is 0 Å². The lowest BCUT2D eigenvalue weighted by atomic mass is 10.2. The summed E-state index contributed by atoms with van der Waals surface area (Å²) in [6.07, 6.45) is 5.46. The second-order valence-corrected chi connectivity index (χ2v) is 4.96. The van der Waals surface area contributed by atoms with Crippen LogP contribution in [0.1, 0.15) is 17.4 Å². The Bertz CT molecular complexity index is 493. The fourth-order valence-corrected chi connectivity index (χ4v) is 2.09. The molecule has 2 rings (SSSR count). The van der Waals surface area contributed by atoms with Crippen LogP contribution in [0.25, 0.3) is 0 Å². The molecule has 6 nitrogen and oxygen atoms in total. The van der Waals surface area contributed by atoms with Gasteiger partial charge in [-0.05, 0) is 26.2 Å². The molecule has 1 unspecified atom stereocenters. The lowest BCUT2D eigenvalue weighted by molar-refractivity contribution is 0.250. The topological polar surface area (TPSA) is 66.5 Å². The van der Waals surface area contributed by atoms with Crippen LogP contribution in [0.2, 0.25) is 0 Å². The van der Waals surface area contributed by atoms with Gasteiger partial charge < -0.3 is 14.8 Å². The number of aliphatic hydroxyl groups excluding tert-OH is 1. The van der Waals surface area contributed by atoms with Gasteiger partial charge in [-0.1, -0.05) is 0 Å². The van der Waals surface area contributed by atoms with Crippen molar-refractivity contribution in [2.75, 3.05) is 27.2 Å². The third-order valence-corrected chi connectivity index (χ3v) is 3.18. The van der Waals surface area contributed by atoms with E-state index in [9.17, 15) is 0 Å². The number of hydrogen-bond acceptors (Lipinski definition) is 5. The highest BCUT2D eigenvalue weighted by Gasteiger charge is 2.16. The van der Waals surface area contributed by atoms with Crippen molar-refractivity contribution in [3.63, 3.8) is 0 Å². The standard InChI is InChI=1S/C14H22N4O2/c1-17(2)13(14-4-3-7-20-14)10-15-8-12-9-16-18(11-12)5-6-19/h3-4,7,9,11,13,15,19H,5-6,8,10H2,1-2H3. The monoisotopic (exact) mass is 278 g/mol. The Balaban J connectivity index is 1.84. The first-order valence-corrected chi connectivity index (χ1v) is 6.73. The van der Waals surface area contributed by atoms with Gasteiger partial charge in [-0.25, -0.2) is 0 Å². The first kappa shape index (κ1) is 14.8. The van der Waals surface area contributed by atoms with Crippen molar-refractivity contribution in [2.24, 2.45) is 0 Å². The summed E-state index contributed by atoms with van der Waals surface area (Å²) in [5.41, 5.74) is 1.11. The third-order valence-electron chi connectivity index (χ3n) is 3.18. The average Bonchev–Trinajstić information content (AvgIpc) is 3.06. The molecule has 0 aliphatic rings. The molecule has 0 bridgehead atoms. The molecule has 0 radical (unpaired) electrons. The summed E-state index contributed by atoms with van der Waals surface area (Å²) in [5.74, 6) is 0.957. The Hall–Kier alpha value is -1.63. The lowest BCUT2D eigenvalue weighted by Gasteiger charge is -2.22. The van der Waals surface area contributed by atoms with Gasteiger partial charge in [-0.2, -0.15) is 5.10 Å². The molecule has 110 valence electrons. The number of likely N-dealkylation sites (N-methyl/N-ethyl adjacent to an activating group) is 1. The Kier molecular flexibility index (Phi) is 5.34. The van der Waals surface area contributed by atoms with E-state index >= 15 is 0 Å². The van der Waals surface area contributed by atoms with Gasteiger partial charge in [0.2, 0.25) is 0 Å². The van der Waals surface area contributed by atoms with E-state index < -0.39 is 0 Å². The fraction of sp³-hybridized carbons (Fsp3) is 0.500. The zero-order valence-electron chi connectivity index (χ0n) is 12.0. The first-order valence-electron chi connectivity index (χ1n) is 6.73. The number of rotatable bonds is 8. The predicted molar refractivity (Wildman–Crippen MR) is 76.2 cm³/mol. The second kappa shape index (κ2) is 7.23. The molecular formula is C14H22N4O2. The zero-order chi connectivity index (χ0) is 14.4. The number of nitrogens with one attached hydrogen (secondary N) is 1. The van der Waals surface area contributed by atoms with E-state index in [-0.39, 0.29) is 12.6 Å². The molecule has 0 saturated carbocycles. The maximum atomic E-state index is 8.85. The van der Waals surface area contributed by atoms with E-state index in [1.165, 1.54) is 0 Å². The summed E-state index contributed by atoms with van der Waals surface area (Å²) in [7, 11) is 4.07. The van der Waals surface area contributed by atoms with Gasteiger partial charge in [-0.15, -0.1) is 0 Å². The summed E-state index contributed by atoms with van der Waals surface area (Å²) in [6.45, 7) is 2.19. The largest absolute Gasteiger partial charge is 0.468 e. The summed E-state index contributed by atoms with van der Waals surface area (Å²) in [4.78, 5) is 2.13. The minimum atomic E-state index is 0.107. The van der Waals surface area contributed by atoms with E-state index in [1.807, 2.05) is 38.6 Å². The van der Waals surface area contributed by atoms with Gasteiger partial charge in [0.05, 0.1) is 31.7 Å². The Morgan fingerprint density at radius 3 is 3.00 bits per heavy atom. The number of aromatic nitrogens is 2. The van der Waals surface area contributed by atoms with Crippen LogP contribution in [0.3, 0.4) is 0 Å². The maximum Gasteiger partial charge on any atom is 0.122 e. The van der Waals surface area contributed by atoms with Gasteiger partial charge in [0.1, 0.15) is 5.76 Å². The quantitative estimate of drug-likeness (QED) is 0.750. The summed E-state index contributed by atoms with van der Waals surface area (Å²) in [6, 6.07) is 4.11. The van der Waals surface area contributed by atoms with Crippen LogP contribution in [0.4, 0.5) is 0 Å². The second-order valence-electron chi connectivity index (χ2n) is 4.96. The zero-order valence-corrected chi connectivity index (χ0v) is 12.0. The molecule has 2 aromatic heterocycles. The number of nitrogens with zero attached hydrogens (tertiary/aromatic N) is 3. The maximum absolute atomic E-state index is 8.85. The molecule has 0 saturated heterocycles. The smallest absolute Gasteiger partial charge is 0.122 e. The molecule has 20 heavy (non-hydrogen) atoms. The van der Waals surface area contributed by atoms with Gasteiger partial charge in [0.15, 0.2) is 0 Å². The van der Waals surface area contributed by atoms with Gasteiger partial charge >= 0.3 is 0 Å². The van der Waals surface area contributed by atoms with Crippen LogP contribution in [0.5, 0.6) is 0 Å². The van der Waals surface area contributed by atoms with E-state index in [4.69, 9.17) is 9.52 Å². The van der Waals surface area contributed by atoms with Crippen molar-refractivity contribution >= 4 is 0 Å². The van der Waals surface area contributed by atoms with Crippen LogP contribution >= 0.6 is 0 Å². The van der Waals surface area contributed by atoms with E-state index in [2.05, 4.69) is 15.3 Å². The molecular weight excluding hydrogens is 256 g/mol. The molecule has 2 aromatic rings. The molecule has 0 fully saturated rings. The van der Waals surface area contributed by atoms with Crippen LogP contribution in [-0.4, -0.2) is 47.0 Å². The molecule has 1 atom stereocenters. The molecule has 2 heterocycles. The number of furan rings is 1. The Morgan fingerprint density at radius 1 is 1.50 bits per heavy atom.